The number of hydrogen-bond donors (Lipinski definition) is 1. The number of benzene rings is 2. The second-order valence-corrected chi connectivity index (χ2v) is 7.15. The summed E-state index contributed by atoms with van der Waals surface area (Å²) in [5, 5.41) is 2.80. The Hall–Kier alpha value is -2.29. The molecular formula is C22H30N2O. The standard InChI is InChI=1S/C22H30N2O/c1-16(2)18(4)22(24(6)21(25)23-5,19-10-8-7-9-11-19)20-14-12-17(3)13-15-20/h7-16,18H,1-6H3,(H,23,25)/t18-,22+/m1/s1. The second kappa shape index (κ2) is 7.73. The first-order chi connectivity index (χ1) is 11.9. The zero-order valence-electron chi connectivity index (χ0n) is 16.2. The van der Waals surface area contributed by atoms with Gasteiger partial charge in [-0.2, -0.15) is 0 Å². The van der Waals surface area contributed by atoms with Crippen LogP contribution in [0.25, 0.3) is 0 Å². The Labute approximate surface area is 152 Å². The Kier molecular flexibility index (Phi) is 5.89. The van der Waals surface area contributed by atoms with Crippen LogP contribution in [0.4, 0.5) is 4.79 Å². The summed E-state index contributed by atoms with van der Waals surface area (Å²) in [6.07, 6.45) is 0. The summed E-state index contributed by atoms with van der Waals surface area (Å²) in [5.74, 6) is 0.619. The maximum atomic E-state index is 12.7. The lowest BCUT2D eigenvalue weighted by Gasteiger charge is -2.48. The molecule has 3 nitrogen and oxygen atoms in total. The van der Waals surface area contributed by atoms with Gasteiger partial charge < -0.3 is 10.2 Å². The molecule has 2 aromatic carbocycles. The molecule has 0 heterocycles. The third kappa shape index (κ3) is 3.41. The van der Waals surface area contributed by atoms with Gasteiger partial charge in [0.2, 0.25) is 0 Å². The molecule has 0 saturated carbocycles. The highest BCUT2D eigenvalue weighted by Crippen LogP contribution is 2.44. The monoisotopic (exact) mass is 338 g/mol. The quantitative estimate of drug-likeness (QED) is 0.834. The summed E-state index contributed by atoms with van der Waals surface area (Å²) < 4.78 is 0. The molecule has 0 saturated heterocycles. The van der Waals surface area contributed by atoms with Gasteiger partial charge in [0.1, 0.15) is 0 Å². The molecule has 0 fully saturated rings. The van der Waals surface area contributed by atoms with Gasteiger partial charge >= 0.3 is 6.03 Å². The Morgan fingerprint density at radius 2 is 1.48 bits per heavy atom. The van der Waals surface area contributed by atoms with Crippen molar-refractivity contribution < 1.29 is 4.79 Å². The molecule has 0 aliphatic heterocycles. The van der Waals surface area contributed by atoms with Crippen molar-refractivity contribution in [2.75, 3.05) is 14.1 Å². The van der Waals surface area contributed by atoms with Crippen LogP contribution in [0.2, 0.25) is 0 Å². The van der Waals surface area contributed by atoms with Crippen molar-refractivity contribution in [2.45, 2.75) is 33.2 Å². The molecule has 1 N–H and O–H groups in total. The number of nitrogens with one attached hydrogen (secondary N) is 1. The lowest BCUT2D eigenvalue weighted by atomic mass is 9.68. The van der Waals surface area contributed by atoms with Gasteiger partial charge in [0, 0.05) is 14.1 Å². The van der Waals surface area contributed by atoms with Crippen LogP contribution >= 0.6 is 0 Å². The van der Waals surface area contributed by atoms with E-state index >= 15 is 0 Å². The number of nitrogens with zero attached hydrogens (tertiary/aromatic N) is 1. The van der Waals surface area contributed by atoms with Crippen molar-refractivity contribution >= 4 is 6.03 Å². The zero-order valence-corrected chi connectivity index (χ0v) is 16.2. The lowest BCUT2D eigenvalue weighted by Crippen LogP contribution is -2.55. The van der Waals surface area contributed by atoms with Gasteiger partial charge in [-0.15, -0.1) is 0 Å². The molecule has 2 aromatic rings. The van der Waals surface area contributed by atoms with Crippen LogP contribution in [0.5, 0.6) is 0 Å². The van der Waals surface area contributed by atoms with Crippen molar-refractivity contribution in [2.24, 2.45) is 11.8 Å². The molecule has 0 aliphatic carbocycles. The van der Waals surface area contributed by atoms with E-state index in [1.807, 2.05) is 30.1 Å². The van der Waals surface area contributed by atoms with E-state index in [0.717, 1.165) is 11.1 Å². The third-order valence-corrected chi connectivity index (χ3v) is 5.41. The van der Waals surface area contributed by atoms with Gasteiger partial charge in [-0.3, -0.25) is 0 Å². The largest absolute Gasteiger partial charge is 0.341 e. The normalized spacial score (nSPS) is 14.7. The van der Waals surface area contributed by atoms with Crippen molar-refractivity contribution in [1.29, 1.82) is 0 Å². The minimum Gasteiger partial charge on any atom is -0.341 e. The summed E-state index contributed by atoms with van der Waals surface area (Å²) in [4.78, 5) is 14.6. The Bertz CT molecular complexity index is 694. The number of aryl methyl sites for hydroxylation is 1. The molecular weight excluding hydrogens is 308 g/mol. The average molecular weight is 338 g/mol. The van der Waals surface area contributed by atoms with Gasteiger partial charge in [0.05, 0.1) is 5.54 Å². The molecule has 0 aromatic heterocycles. The summed E-state index contributed by atoms with van der Waals surface area (Å²) in [5.41, 5.74) is 2.94. The van der Waals surface area contributed by atoms with Crippen LogP contribution in [-0.2, 0) is 5.54 Å². The molecule has 134 valence electrons. The highest BCUT2D eigenvalue weighted by molar-refractivity contribution is 5.75. The fourth-order valence-electron chi connectivity index (χ4n) is 3.70. The van der Waals surface area contributed by atoms with Crippen LogP contribution in [0.15, 0.2) is 54.6 Å². The number of hydrogen-bond acceptors (Lipinski definition) is 1. The van der Waals surface area contributed by atoms with Crippen molar-refractivity contribution in [1.82, 2.24) is 10.2 Å². The number of urea groups is 1. The van der Waals surface area contributed by atoms with E-state index in [0.29, 0.717) is 5.92 Å². The second-order valence-electron chi connectivity index (χ2n) is 7.15. The summed E-state index contributed by atoms with van der Waals surface area (Å²) in [6, 6.07) is 18.8. The Balaban J connectivity index is 2.82. The highest BCUT2D eigenvalue weighted by Gasteiger charge is 2.46. The van der Waals surface area contributed by atoms with Crippen LogP contribution in [0.3, 0.4) is 0 Å². The fraction of sp³-hybridized carbons (Fsp3) is 0.409. The molecule has 2 amide bonds. The zero-order chi connectivity index (χ0) is 18.6. The number of rotatable bonds is 5. The average Bonchev–Trinajstić information content (AvgIpc) is 2.63. The van der Waals surface area contributed by atoms with Crippen molar-refractivity contribution in [3.8, 4) is 0 Å². The summed E-state index contributed by atoms with van der Waals surface area (Å²) in [6.45, 7) is 8.75. The van der Waals surface area contributed by atoms with Gasteiger partial charge in [0.25, 0.3) is 0 Å². The van der Waals surface area contributed by atoms with E-state index in [9.17, 15) is 4.79 Å². The van der Waals surface area contributed by atoms with Crippen molar-refractivity contribution in [3.63, 3.8) is 0 Å². The first-order valence-corrected chi connectivity index (χ1v) is 8.93. The predicted molar refractivity (Wildman–Crippen MR) is 105 cm³/mol. The molecule has 3 heteroatoms. The van der Waals surface area contributed by atoms with E-state index in [2.05, 4.69) is 69.4 Å². The minimum atomic E-state index is -0.538. The number of carbonyl (C=O) groups excluding carboxylic acids is 1. The molecule has 25 heavy (non-hydrogen) atoms. The van der Waals surface area contributed by atoms with Gasteiger partial charge in [-0.1, -0.05) is 80.9 Å². The maximum Gasteiger partial charge on any atom is 0.317 e. The van der Waals surface area contributed by atoms with Gasteiger partial charge in [0.15, 0.2) is 0 Å². The molecule has 0 aliphatic rings. The molecule has 0 bridgehead atoms. The topological polar surface area (TPSA) is 32.3 Å². The van der Waals surface area contributed by atoms with Gasteiger partial charge in [-0.05, 0) is 29.9 Å². The molecule has 0 spiro atoms. The van der Waals surface area contributed by atoms with Crippen LogP contribution < -0.4 is 5.32 Å². The summed E-state index contributed by atoms with van der Waals surface area (Å²) in [7, 11) is 3.58. The van der Waals surface area contributed by atoms with E-state index < -0.39 is 5.54 Å². The van der Waals surface area contributed by atoms with Crippen molar-refractivity contribution in [3.05, 3.63) is 71.3 Å². The van der Waals surface area contributed by atoms with Gasteiger partial charge in [-0.25, -0.2) is 4.79 Å². The fourth-order valence-corrected chi connectivity index (χ4v) is 3.70. The Morgan fingerprint density at radius 1 is 0.960 bits per heavy atom. The minimum absolute atomic E-state index is 0.0862. The lowest BCUT2D eigenvalue weighted by molar-refractivity contribution is 0.0964. The first kappa shape index (κ1) is 19.0. The molecule has 2 rings (SSSR count). The van der Waals surface area contributed by atoms with E-state index in [1.54, 1.807) is 7.05 Å². The molecule has 0 unspecified atom stereocenters. The predicted octanol–water partition coefficient (Wildman–Crippen LogP) is 4.80. The first-order valence-electron chi connectivity index (χ1n) is 8.93. The van der Waals surface area contributed by atoms with Crippen LogP contribution in [0.1, 0.15) is 37.5 Å². The molecule has 2 atom stereocenters. The van der Waals surface area contributed by atoms with E-state index in [-0.39, 0.29) is 11.9 Å². The smallest absolute Gasteiger partial charge is 0.317 e. The SMILES string of the molecule is CNC(=O)N(C)[C@@](c1ccccc1)(c1ccc(C)cc1)[C@H](C)C(C)C. The van der Waals surface area contributed by atoms with E-state index in [1.165, 1.54) is 5.56 Å². The van der Waals surface area contributed by atoms with Crippen LogP contribution in [0, 0.1) is 18.8 Å². The van der Waals surface area contributed by atoms with E-state index in [4.69, 9.17) is 0 Å². The Morgan fingerprint density at radius 3 is 1.96 bits per heavy atom. The molecule has 0 radical (unpaired) electrons. The number of amides is 2. The summed E-state index contributed by atoms with van der Waals surface area (Å²) >= 11 is 0. The third-order valence-electron chi connectivity index (χ3n) is 5.41. The highest BCUT2D eigenvalue weighted by atomic mass is 16.2. The van der Waals surface area contributed by atoms with Crippen LogP contribution in [-0.4, -0.2) is 25.0 Å². The maximum absolute atomic E-state index is 12.7. The number of carbonyl (C=O) groups is 1.